The summed E-state index contributed by atoms with van der Waals surface area (Å²) in [6.07, 6.45) is -11.2. The van der Waals surface area contributed by atoms with E-state index in [1.54, 1.807) is 13.8 Å². The molecule has 148 valence electrons. The fraction of sp³-hybridized carbons (Fsp3) is 1.00. The summed E-state index contributed by atoms with van der Waals surface area (Å²) < 4.78 is 21.5. The number of aliphatic hydroxyl groups is 6. The van der Waals surface area contributed by atoms with Crippen molar-refractivity contribution >= 4 is 0 Å². The SMILES string of the molecule is COC1[C@@H](O)C(CO)O[C@H](O[C@H]2C(CO)OC(C)(C)[C@@H](O)C2O)[C@H]1O. The maximum atomic E-state index is 10.4. The van der Waals surface area contributed by atoms with Gasteiger partial charge >= 0.3 is 0 Å². The van der Waals surface area contributed by atoms with Crippen molar-refractivity contribution in [2.75, 3.05) is 20.3 Å². The normalized spacial score (nSPS) is 47.6. The van der Waals surface area contributed by atoms with Crippen LogP contribution < -0.4 is 0 Å². The van der Waals surface area contributed by atoms with Gasteiger partial charge in [0.25, 0.3) is 0 Å². The molecule has 0 radical (unpaired) electrons. The van der Waals surface area contributed by atoms with E-state index in [0.717, 1.165) is 0 Å². The summed E-state index contributed by atoms with van der Waals surface area (Å²) in [4.78, 5) is 0. The lowest BCUT2D eigenvalue weighted by Crippen LogP contribution is -2.66. The molecule has 10 heteroatoms. The molecule has 0 saturated carbocycles. The summed E-state index contributed by atoms with van der Waals surface area (Å²) in [5.74, 6) is 0. The van der Waals surface area contributed by atoms with Crippen LogP contribution in [0.5, 0.6) is 0 Å². The van der Waals surface area contributed by atoms with Crippen LogP contribution in [0.3, 0.4) is 0 Å². The van der Waals surface area contributed by atoms with Crippen molar-refractivity contribution in [1.82, 2.24) is 0 Å². The molecule has 2 fully saturated rings. The minimum Gasteiger partial charge on any atom is -0.394 e. The Labute approximate surface area is 145 Å². The minimum absolute atomic E-state index is 0.500. The number of rotatable bonds is 5. The molecule has 0 spiro atoms. The lowest BCUT2D eigenvalue weighted by Gasteiger charge is -2.49. The van der Waals surface area contributed by atoms with Gasteiger partial charge in [-0.1, -0.05) is 0 Å². The third kappa shape index (κ3) is 3.98. The number of methoxy groups -OCH3 is 1. The van der Waals surface area contributed by atoms with E-state index in [1.807, 2.05) is 0 Å². The zero-order valence-electron chi connectivity index (χ0n) is 14.4. The van der Waals surface area contributed by atoms with Gasteiger partial charge in [0.05, 0.1) is 18.8 Å². The lowest BCUT2D eigenvalue weighted by atomic mass is 9.87. The molecule has 9 atom stereocenters. The average Bonchev–Trinajstić information content (AvgIpc) is 2.57. The Hall–Kier alpha value is -0.400. The number of ether oxygens (including phenoxy) is 4. The first-order chi connectivity index (χ1) is 11.7. The molecule has 6 N–H and O–H groups in total. The van der Waals surface area contributed by atoms with Crippen LogP contribution in [0.1, 0.15) is 13.8 Å². The van der Waals surface area contributed by atoms with Crippen LogP contribution >= 0.6 is 0 Å². The zero-order chi connectivity index (χ0) is 18.9. The van der Waals surface area contributed by atoms with E-state index in [4.69, 9.17) is 18.9 Å². The molecule has 0 aromatic carbocycles. The van der Waals surface area contributed by atoms with Crippen LogP contribution in [0, 0.1) is 0 Å². The third-order valence-corrected chi connectivity index (χ3v) is 4.76. The van der Waals surface area contributed by atoms with E-state index in [-0.39, 0.29) is 0 Å². The number of hydrogen-bond donors (Lipinski definition) is 6. The van der Waals surface area contributed by atoms with E-state index in [0.29, 0.717) is 0 Å². The molecular formula is C15H28O10. The molecule has 0 bridgehead atoms. The molecule has 0 aliphatic carbocycles. The van der Waals surface area contributed by atoms with E-state index in [9.17, 15) is 30.6 Å². The number of aliphatic hydroxyl groups excluding tert-OH is 6. The lowest BCUT2D eigenvalue weighted by molar-refractivity contribution is -0.351. The van der Waals surface area contributed by atoms with E-state index in [1.165, 1.54) is 7.11 Å². The van der Waals surface area contributed by atoms with E-state index < -0.39 is 73.9 Å². The van der Waals surface area contributed by atoms with Crippen molar-refractivity contribution in [2.45, 2.75) is 74.6 Å². The predicted molar refractivity (Wildman–Crippen MR) is 81.5 cm³/mol. The van der Waals surface area contributed by atoms with Crippen LogP contribution in [-0.2, 0) is 18.9 Å². The van der Waals surface area contributed by atoms with Crippen molar-refractivity contribution in [1.29, 1.82) is 0 Å². The smallest absolute Gasteiger partial charge is 0.187 e. The van der Waals surface area contributed by atoms with Gasteiger partial charge in [0, 0.05) is 7.11 Å². The zero-order valence-corrected chi connectivity index (χ0v) is 14.4. The Morgan fingerprint density at radius 3 is 2.00 bits per heavy atom. The summed E-state index contributed by atoms with van der Waals surface area (Å²) in [6, 6.07) is 0. The number of hydrogen-bond acceptors (Lipinski definition) is 10. The molecule has 2 aliphatic rings. The standard InChI is InChI=1S/C15H28O10/c1-15(2)13(21)9(19)11(7(5-17)25-15)24-14-10(20)12(22-3)8(18)6(4-16)23-14/h6-14,16-21H,4-5H2,1-3H3/t6?,7?,8-,9?,10-,11-,12?,13-,14+/m0/s1. The van der Waals surface area contributed by atoms with Crippen LogP contribution in [0.25, 0.3) is 0 Å². The molecule has 2 aliphatic heterocycles. The molecule has 2 saturated heterocycles. The van der Waals surface area contributed by atoms with Gasteiger partial charge in [-0.3, -0.25) is 0 Å². The Morgan fingerprint density at radius 1 is 0.880 bits per heavy atom. The molecule has 10 nitrogen and oxygen atoms in total. The molecule has 2 heterocycles. The van der Waals surface area contributed by atoms with E-state index >= 15 is 0 Å². The van der Waals surface area contributed by atoms with Crippen LogP contribution in [0.15, 0.2) is 0 Å². The van der Waals surface area contributed by atoms with Gasteiger partial charge in [-0.2, -0.15) is 0 Å². The van der Waals surface area contributed by atoms with Gasteiger partial charge in [-0.15, -0.1) is 0 Å². The largest absolute Gasteiger partial charge is 0.394 e. The second-order valence-corrected chi connectivity index (χ2v) is 6.89. The summed E-state index contributed by atoms with van der Waals surface area (Å²) in [5, 5.41) is 59.7. The van der Waals surface area contributed by atoms with Crippen LogP contribution in [-0.4, -0.2) is 112 Å². The quantitative estimate of drug-likeness (QED) is 0.290. The molecule has 4 unspecified atom stereocenters. The van der Waals surface area contributed by atoms with Gasteiger partial charge in [0.2, 0.25) is 0 Å². The summed E-state index contributed by atoms with van der Waals surface area (Å²) in [6.45, 7) is 2.08. The first-order valence-electron chi connectivity index (χ1n) is 8.13. The predicted octanol–water partition coefficient (Wildman–Crippen LogP) is -3.28. The van der Waals surface area contributed by atoms with Crippen LogP contribution in [0.4, 0.5) is 0 Å². The highest BCUT2D eigenvalue weighted by atomic mass is 16.7. The third-order valence-electron chi connectivity index (χ3n) is 4.76. The molecule has 0 amide bonds. The van der Waals surface area contributed by atoms with E-state index in [2.05, 4.69) is 0 Å². The Bertz CT molecular complexity index is 431. The van der Waals surface area contributed by atoms with Gasteiger partial charge < -0.3 is 49.6 Å². The van der Waals surface area contributed by atoms with Gasteiger partial charge in [-0.05, 0) is 13.8 Å². The Morgan fingerprint density at radius 2 is 1.48 bits per heavy atom. The molecule has 0 aromatic heterocycles. The van der Waals surface area contributed by atoms with Crippen molar-refractivity contribution in [3.63, 3.8) is 0 Å². The molecule has 0 aromatic rings. The fourth-order valence-electron chi connectivity index (χ4n) is 3.25. The Kier molecular flexibility index (Phi) is 6.77. The highest BCUT2D eigenvalue weighted by Crippen LogP contribution is 2.33. The maximum absolute atomic E-state index is 10.4. The topological polar surface area (TPSA) is 158 Å². The first kappa shape index (κ1) is 20.9. The highest BCUT2D eigenvalue weighted by Gasteiger charge is 2.52. The summed E-state index contributed by atoms with van der Waals surface area (Å²) >= 11 is 0. The van der Waals surface area contributed by atoms with Crippen molar-refractivity contribution in [2.24, 2.45) is 0 Å². The van der Waals surface area contributed by atoms with Crippen LogP contribution in [0.2, 0.25) is 0 Å². The van der Waals surface area contributed by atoms with Gasteiger partial charge in [0.1, 0.15) is 48.8 Å². The fourth-order valence-corrected chi connectivity index (χ4v) is 3.25. The Balaban J connectivity index is 2.18. The summed E-state index contributed by atoms with van der Waals surface area (Å²) in [5.41, 5.74) is -1.11. The molecular weight excluding hydrogens is 340 g/mol. The second kappa shape index (κ2) is 8.09. The highest BCUT2D eigenvalue weighted by molar-refractivity contribution is 4.99. The molecule has 2 rings (SSSR count). The van der Waals surface area contributed by atoms with Crippen molar-refractivity contribution in [3.05, 3.63) is 0 Å². The van der Waals surface area contributed by atoms with Gasteiger partial charge in [-0.25, -0.2) is 0 Å². The van der Waals surface area contributed by atoms with Crippen molar-refractivity contribution < 1.29 is 49.6 Å². The van der Waals surface area contributed by atoms with Gasteiger partial charge in [0.15, 0.2) is 6.29 Å². The maximum Gasteiger partial charge on any atom is 0.187 e. The molecule has 25 heavy (non-hydrogen) atoms. The summed E-state index contributed by atoms with van der Waals surface area (Å²) in [7, 11) is 1.27. The minimum atomic E-state index is -1.43. The second-order valence-electron chi connectivity index (χ2n) is 6.89. The average molecular weight is 368 g/mol. The van der Waals surface area contributed by atoms with Crippen molar-refractivity contribution in [3.8, 4) is 0 Å². The monoisotopic (exact) mass is 368 g/mol. The first-order valence-corrected chi connectivity index (χ1v) is 8.13.